The van der Waals surface area contributed by atoms with Crippen molar-refractivity contribution < 1.29 is 39.6 Å². The number of carbonyl (C=O) groups is 4. The fraction of sp³-hybridized carbons (Fsp3) is 0.333. The summed E-state index contributed by atoms with van der Waals surface area (Å²) in [6.45, 7) is -1.07. The molecule has 192 valence electrons. The molecule has 0 fully saturated rings. The first-order chi connectivity index (χ1) is 17.2. The minimum atomic E-state index is -1.10. The molecular formula is C24H28N4O8. The Labute approximate surface area is 207 Å². The van der Waals surface area contributed by atoms with Crippen LogP contribution in [-0.2, 0) is 19.2 Å². The van der Waals surface area contributed by atoms with Crippen LogP contribution in [0.2, 0.25) is 0 Å². The number of aliphatic carboxylic acids is 4. The highest BCUT2D eigenvalue weighted by atomic mass is 16.4. The van der Waals surface area contributed by atoms with Gasteiger partial charge < -0.3 is 40.0 Å². The fourth-order valence-corrected chi connectivity index (χ4v) is 4.27. The summed E-state index contributed by atoms with van der Waals surface area (Å²) < 4.78 is 0. The molecule has 0 atom stereocenters. The number of hydrogen-bond acceptors (Lipinski definition) is 8. The van der Waals surface area contributed by atoms with E-state index in [-0.39, 0.29) is 52.4 Å². The first-order valence-electron chi connectivity index (χ1n) is 11.2. The van der Waals surface area contributed by atoms with E-state index in [1.807, 2.05) is 0 Å². The number of fused-ring (bicyclic) bond motifs is 2. The molecular weight excluding hydrogens is 472 g/mol. The molecule has 0 unspecified atom stereocenters. The van der Waals surface area contributed by atoms with Crippen LogP contribution >= 0.6 is 0 Å². The normalized spacial score (nSPS) is 14.2. The summed E-state index contributed by atoms with van der Waals surface area (Å²) in [5.41, 5.74) is 1.93. The van der Waals surface area contributed by atoms with Gasteiger partial charge in [0.25, 0.3) is 0 Å². The van der Waals surface area contributed by atoms with Gasteiger partial charge in [-0.3, -0.25) is 19.2 Å². The third kappa shape index (κ3) is 6.78. The Kier molecular flexibility index (Phi) is 8.55. The first kappa shape index (κ1) is 26.1. The van der Waals surface area contributed by atoms with Gasteiger partial charge in [-0.15, -0.1) is 0 Å². The van der Waals surface area contributed by atoms with Gasteiger partial charge in [0.1, 0.15) is 26.2 Å². The molecule has 1 aliphatic heterocycles. The Morgan fingerprint density at radius 2 is 0.667 bits per heavy atom. The van der Waals surface area contributed by atoms with Crippen LogP contribution in [0.4, 0.5) is 22.7 Å². The Balaban J connectivity index is 2.16. The Hall–Kier alpha value is -4.48. The second kappa shape index (κ2) is 11.8. The van der Waals surface area contributed by atoms with Gasteiger partial charge in [0.05, 0.1) is 22.7 Å². The van der Waals surface area contributed by atoms with Gasteiger partial charge in [0.2, 0.25) is 0 Å². The molecule has 0 aromatic heterocycles. The number of carboxylic acid groups (broad SMARTS) is 4. The van der Waals surface area contributed by atoms with Crippen LogP contribution < -0.4 is 19.6 Å². The minimum absolute atomic E-state index is 0.116. The van der Waals surface area contributed by atoms with Gasteiger partial charge in [-0.2, -0.15) is 0 Å². The van der Waals surface area contributed by atoms with Crippen LogP contribution in [0.3, 0.4) is 0 Å². The molecule has 0 aliphatic carbocycles. The highest BCUT2D eigenvalue weighted by Gasteiger charge is 2.25. The molecule has 2 aromatic rings. The van der Waals surface area contributed by atoms with E-state index >= 15 is 0 Å². The molecule has 0 amide bonds. The standard InChI is InChI=1S/C24H28N4O8/c29-21(30)13-25-9-10-27(15-23(33)34)19-7-3-4-8-20(19)28(16-24(35)36)12-11-26(14-22(31)32)18-6-2-1-5-17(18)25/h1-8H,9-16H2,(H,29,30)(H,31,32)(H,33,34)(H,35,36). The van der Waals surface area contributed by atoms with Gasteiger partial charge in [-0.25, -0.2) is 0 Å². The summed E-state index contributed by atoms with van der Waals surface area (Å²) >= 11 is 0. The molecule has 1 heterocycles. The predicted octanol–water partition coefficient (Wildman–Crippen LogP) is 0.964. The summed E-state index contributed by atoms with van der Waals surface area (Å²) in [5.74, 6) is -4.39. The van der Waals surface area contributed by atoms with Crippen molar-refractivity contribution in [1.29, 1.82) is 0 Å². The summed E-state index contributed by atoms with van der Waals surface area (Å²) in [6.07, 6.45) is 0. The van der Waals surface area contributed by atoms with E-state index in [1.165, 1.54) is 0 Å². The second-order valence-electron chi connectivity index (χ2n) is 8.24. The molecule has 12 nitrogen and oxygen atoms in total. The van der Waals surface area contributed by atoms with E-state index in [2.05, 4.69) is 0 Å². The lowest BCUT2D eigenvalue weighted by Crippen LogP contribution is -2.44. The van der Waals surface area contributed by atoms with Gasteiger partial charge in [0.15, 0.2) is 0 Å². The highest BCUT2D eigenvalue weighted by Crippen LogP contribution is 2.33. The average molecular weight is 501 g/mol. The molecule has 4 N–H and O–H groups in total. The van der Waals surface area contributed by atoms with Gasteiger partial charge in [0, 0.05) is 26.2 Å². The largest absolute Gasteiger partial charge is 0.480 e. The molecule has 12 heteroatoms. The number of para-hydroxylation sites is 4. The number of rotatable bonds is 8. The van der Waals surface area contributed by atoms with Crippen molar-refractivity contribution in [3.8, 4) is 0 Å². The van der Waals surface area contributed by atoms with E-state index in [4.69, 9.17) is 0 Å². The zero-order valence-electron chi connectivity index (χ0n) is 19.5. The molecule has 0 radical (unpaired) electrons. The molecule has 0 bridgehead atoms. The monoisotopic (exact) mass is 500 g/mol. The van der Waals surface area contributed by atoms with Gasteiger partial charge >= 0.3 is 23.9 Å². The Morgan fingerprint density at radius 1 is 0.472 bits per heavy atom. The zero-order chi connectivity index (χ0) is 26.2. The van der Waals surface area contributed by atoms with Crippen LogP contribution in [-0.4, -0.2) is 96.7 Å². The topological polar surface area (TPSA) is 162 Å². The number of benzene rings is 2. The third-order valence-corrected chi connectivity index (χ3v) is 5.71. The molecule has 0 saturated carbocycles. The van der Waals surface area contributed by atoms with Crippen LogP contribution in [0.5, 0.6) is 0 Å². The number of anilines is 4. The predicted molar refractivity (Wildman–Crippen MR) is 132 cm³/mol. The molecule has 3 rings (SSSR count). The van der Waals surface area contributed by atoms with E-state index in [9.17, 15) is 39.6 Å². The number of nitrogens with zero attached hydrogens (tertiary/aromatic N) is 4. The summed E-state index contributed by atoms with van der Waals surface area (Å²) in [6, 6.07) is 13.6. The molecule has 0 saturated heterocycles. The molecule has 1 aliphatic rings. The first-order valence-corrected chi connectivity index (χ1v) is 11.2. The van der Waals surface area contributed by atoms with E-state index in [1.54, 1.807) is 68.1 Å². The summed E-state index contributed by atoms with van der Waals surface area (Å²) in [4.78, 5) is 53.1. The lowest BCUT2D eigenvalue weighted by molar-refractivity contribution is -0.136. The fourth-order valence-electron chi connectivity index (χ4n) is 4.27. The summed E-state index contributed by atoms with van der Waals surface area (Å²) in [5, 5.41) is 38.2. The van der Waals surface area contributed by atoms with Crippen LogP contribution in [0.25, 0.3) is 0 Å². The van der Waals surface area contributed by atoms with Crippen molar-refractivity contribution in [1.82, 2.24) is 0 Å². The van der Waals surface area contributed by atoms with Crippen LogP contribution in [0, 0.1) is 0 Å². The SMILES string of the molecule is O=C(O)CN1CCN(CC(=O)O)c2ccccc2N(CC(=O)O)CCN(CC(=O)O)c2ccccc21. The Bertz CT molecular complexity index is 951. The van der Waals surface area contributed by atoms with Gasteiger partial charge in [-0.1, -0.05) is 24.3 Å². The number of hydrogen-bond donors (Lipinski definition) is 4. The highest BCUT2D eigenvalue weighted by molar-refractivity contribution is 5.84. The maximum Gasteiger partial charge on any atom is 0.323 e. The van der Waals surface area contributed by atoms with Crippen molar-refractivity contribution >= 4 is 46.6 Å². The van der Waals surface area contributed by atoms with E-state index < -0.39 is 23.9 Å². The maximum atomic E-state index is 11.7. The average Bonchev–Trinajstić information content (AvgIpc) is 2.81. The van der Waals surface area contributed by atoms with E-state index in [0.29, 0.717) is 22.7 Å². The van der Waals surface area contributed by atoms with E-state index in [0.717, 1.165) is 0 Å². The quantitative estimate of drug-likeness (QED) is 0.407. The van der Waals surface area contributed by atoms with Crippen molar-refractivity contribution in [3.05, 3.63) is 48.5 Å². The minimum Gasteiger partial charge on any atom is -0.480 e. The van der Waals surface area contributed by atoms with Crippen molar-refractivity contribution in [2.24, 2.45) is 0 Å². The lowest BCUT2D eigenvalue weighted by Gasteiger charge is -2.37. The molecule has 0 spiro atoms. The van der Waals surface area contributed by atoms with Gasteiger partial charge in [-0.05, 0) is 24.3 Å². The van der Waals surface area contributed by atoms with Crippen LogP contribution in [0.15, 0.2) is 48.5 Å². The van der Waals surface area contributed by atoms with Crippen molar-refractivity contribution in [2.75, 3.05) is 72.0 Å². The lowest BCUT2D eigenvalue weighted by atomic mass is 10.1. The smallest absolute Gasteiger partial charge is 0.323 e. The van der Waals surface area contributed by atoms with Crippen LogP contribution in [0.1, 0.15) is 0 Å². The number of carboxylic acids is 4. The van der Waals surface area contributed by atoms with Crippen molar-refractivity contribution in [2.45, 2.75) is 0 Å². The zero-order valence-corrected chi connectivity index (χ0v) is 19.5. The Morgan fingerprint density at radius 3 is 0.833 bits per heavy atom. The molecule has 2 aromatic carbocycles. The summed E-state index contributed by atoms with van der Waals surface area (Å²) in [7, 11) is 0. The third-order valence-electron chi connectivity index (χ3n) is 5.71. The molecule has 36 heavy (non-hydrogen) atoms. The second-order valence-corrected chi connectivity index (χ2v) is 8.24. The van der Waals surface area contributed by atoms with Crippen molar-refractivity contribution in [3.63, 3.8) is 0 Å². The maximum absolute atomic E-state index is 11.7.